The molecule has 0 bridgehead atoms. The highest BCUT2D eigenvalue weighted by Crippen LogP contribution is 2.20. The van der Waals surface area contributed by atoms with Gasteiger partial charge in [-0.1, -0.05) is 29.8 Å². The van der Waals surface area contributed by atoms with Crippen LogP contribution < -0.4 is 10.2 Å². The number of carbonyl (C=O) groups excluding carboxylic acids is 1. The summed E-state index contributed by atoms with van der Waals surface area (Å²) in [5, 5.41) is 12.2. The molecule has 0 spiro atoms. The number of aromatic nitrogens is 2. The Labute approximate surface area is 164 Å². The minimum Gasteiger partial charge on any atom is -0.479 e. The third-order valence-corrected chi connectivity index (χ3v) is 5.07. The predicted molar refractivity (Wildman–Crippen MR) is 105 cm³/mol. The molecular weight excluding hydrogens is 358 g/mol. The van der Waals surface area contributed by atoms with Gasteiger partial charge in [0.1, 0.15) is 12.1 Å². The van der Waals surface area contributed by atoms with Crippen molar-refractivity contribution in [1.29, 1.82) is 0 Å². The van der Waals surface area contributed by atoms with E-state index in [0.717, 1.165) is 22.6 Å². The van der Waals surface area contributed by atoms with E-state index in [4.69, 9.17) is 0 Å². The van der Waals surface area contributed by atoms with Crippen LogP contribution in [0.1, 0.15) is 28.4 Å². The van der Waals surface area contributed by atoms with Crippen LogP contribution in [0.5, 0.6) is 0 Å². The molecule has 28 heavy (non-hydrogen) atoms. The highest BCUT2D eigenvalue weighted by atomic mass is 16.4. The summed E-state index contributed by atoms with van der Waals surface area (Å²) in [5.74, 6) is -0.194. The zero-order chi connectivity index (χ0) is 20.3. The van der Waals surface area contributed by atoms with Crippen molar-refractivity contribution in [1.82, 2.24) is 20.2 Å². The van der Waals surface area contributed by atoms with Gasteiger partial charge in [-0.2, -0.15) is 0 Å². The number of aryl methyl sites for hydroxylation is 2. The fraction of sp³-hybridized carbons (Fsp3) is 0.400. The van der Waals surface area contributed by atoms with E-state index in [2.05, 4.69) is 20.2 Å². The number of aliphatic carboxylic acids is 1. The van der Waals surface area contributed by atoms with Crippen LogP contribution >= 0.6 is 0 Å². The van der Waals surface area contributed by atoms with E-state index < -0.39 is 12.0 Å². The standard InChI is InChI=1S/C20H25N5O3/c1-13-5-4-6-16(11-13)17(19(26)27)23-20(28)25-9-7-24(8-10-25)18-14(2)15(3)21-12-22-18/h4-6,11-12,17H,7-10H2,1-3H3,(H,23,28)(H,26,27)/t17-/m0/s1. The number of piperazine rings is 1. The second-order valence-electron chi connectivity index (χ2n) is 7.02. The second-order valence-corrected chi connectivity index (χ2v) is 7.02. The van der Waals surface area contributed by atoms with Crippen molar-refractivity contribution in [3.63, 3.8) is 0 Å². The molecule has 1 fully saturated rings. The lowest BCUT2D eigenvalue weighted by Gasteiger charge is -2.36. The second kappa shape index (κ2) is 8.24. The first-order valence-electron chi connectivity index (χ1n) is 9.24. The topological polar surface area (TPSA) is 98.7 Å². The summed E-state index contributed by atoms with van der Waals surface area (Å²) < 4.78 is 0. The molecule has 1 aliphatic heterocycles. The number of hydrogen-bond acceptors (Lipinski definition) is 5. The molecule has 8 heteroatoms. The van der Waals surface area contributed by atoms with Crippen molar-refractivity contribution in [2.24, 2.45) is 0 Å². The first-order valence-corrected chi connectivity index (χ1v) is 9.24. The minimum absolute atomic E-state index is 0.371. The fourth-order valence-electron chi connectivity index (χ4n) is 3.32. The van der Waals surface area contributed by atoms with Gasteiger partial charge in [-0.05, 0) is 26.3 Å². The Bertz CT molecular complexity index is 878. The van der Waals surface area contributed by atoms with Crippen LogP contribution in [0, 0.1) is 20.8 Å². The van der Waals surface area contributed by atoms with Crippen LogP contribution in [-0.2, 0) is 4.79 Å². The zero-order valence-electron chi connectivity index (χ0n) is 16.3. The van der Waals surface area contributed by atoms with Gasteiger partial charge >= 0.3 is 12.0 Å². The number of carboxylic acid groups (broad SMARTS) is 1. The molecule has 0 radical (unpaired) electrons. The lowest BCUT2D eigenvalue weighted by Crippen LogP contribution is -2.53. The molecule has 0 saturated carbocycles. The maximum absolute atomic E-state index is 12.6. The van der Waals surface area contributed by atoms with E-state index in [0.29, 0.717) is 31.7 Å². The number of urea groups is 1. The number of nitrogens with zero attached hydrogens (tertiary/aromatic N) is 4. The summed E-state index contributed by atoms with van der Waals surface area (Å²) in [7, 11) is 0. The first kappa shape index (κ1) is 19.6. The Morgan fingerprint density at radius 1 is 1.11 bits per heavy atom. The molecule has 148 valence electrons. The summed E-state index contributed by atoms with van der Waals surface area (Å²) in [5.41, 5.74) is 3.48. The van der Waals surface area contributed by atoms with Gasteiger partial charge in [0.2, 0.25) is 0 Å². The van der Waals surface area contributed by atoms with Gasteiger partial charge in [0, 0.05) is 37.4 Å². The average molecular weight is 383 g/mol. The molecule has 1 aliphatic rings. The number of anilines is 1. The third-order valence-electron chi connectivity index (χ3n) is 5.07. The summed E-state index contributed by atoms with van der Waals surface area (Å²) >= 11 is 0. The van der Waals surface area contributed by atoms with Crippen molar-refractivity contribution in [3.8, 4) is 0 Å². The van der Waals surface area contributed by atoms with Crippen LogP contribution in [0.25, 0.3) is 0 Å². The molecular formula is C20H25N5O3. The summed E-state index contributed by atoms with van der Waals surface area (Å²) in [6.45, 7) is 8.08. The molecule has 2 heterocycles. The van der Waals surface area contributed by atoms with Gasteiger partial charge in [0.05, 0.1) is 0 Å². The third kappa shape index (κ3) is 4.21. The summed E-state index contributed by atoms with van der Waals surface area (Å²) in [6, 6.07) is 5.72. The Hall–Kier alpha value is -3.16. The number of rotatable bonds is 4. The van der Waals surface area contributed by atoms with Gasteiger partial charge in [-0.15, -0.1) is 0 Å². The largest absolute Gasteiger partial charge is 0.479 e. The minimum atomic E-state index is -1.08. The molecule has 8 nitrogen and oxygen atoms in total. The van der Waals surface area contributed by atoms with E-state index >= 15 is 0 Å². The van der Waals surface area contributed by atoms with Gasteiger partial charge in [0.15, 0.2) is 6.04 Å². The number of carbonyl (C=O) groups is 2. The van der Waals surface area contributed by atoms with Crippen LogP contribution in [0.15, 0.2) is 30.6 Å². The molecule has 1 atom stereocenters. The van der Waals surface area contributed by atoms with Gasteiger partial charge in [0.25, 0.3) is 0 Å². The van der Waals surface area contributed by atoms with Gasteiger partial charge < -0.3 is 20.2 Å². The van der Waals surface area contributed by atoms with Crippen LogP contribution in [0.3, 0.4) is 0 Å². The van der Waals surface area contributed by atoms with Crippen LogP contribution in [0.2, 0.25) is 0 Å². The zero-order valence-corrected chi connectivity index (χ0v) is 16.3. The Kier molecular flexibility index (Phi) is 5.77. The quantitative estimate of drug-likeness (QED) is 0.839. The molecule has 2 N–H and O–H groups in total. The fourth-order valence-corrected chi connectivity index (χ4v) is 3.32. The van der Waals surface area contributed by atoms with E-state index in [1.807, 2.05) is 26.8 Å². The van der Waals surface area contributed by atoms with E-state index in [-0.39, 0.29) is 6.03 Å². The Morgan fingerprint density at radius 2 is 1.82 bits per heavy atom. The van der Waals surface area contributed by atoms with Crippen molar-refractivity contribution in [2.75, 3.05) is 31.1 Å². The lowest BCUT2D eigenvalue weighted by atomic mass is 10.0. The van der Waals surface area contributed by atoms with E-state index in [1.54, 1.807) is 29.4 Å². The monoisotopic (exact) mass is 383 g/mol. The molecule has 0 aliphatic carbocycles. The molecule has 0 unspecified atom stereocenters. The predicted octanol–water partition coefficient (Wildman–Crippen LogP) is 2.06. The van der Waals surface area contributed by atoms with Crippen LogP contribution in [0.4, 0.5) is 10.6 Å². The van der Waals surface area contributed by atoms with Crippen LogP contribution in [-0.4, -0.2) is 58.2 Å². The van der Waals surface area contributed by atoms with E-state index in [9.17, 15) is 14.7 Å². The normalized spacial score (nSPS) is 15.2. The first-order chi connectivity index (χ1) is 13.4. The molecule has 3 rings (SSSR count). The van der Waals surface area contributed by atoms with Gasteiger partial charge in [-0.25, -0.2) is 19.6 Å². The Morgan fingerprint density at radius 3 is 2.46 bits per heavy atom. The maximum Gasteiger partial charge on any atom is 0.330 e. The number of amides is 2. The average Bonchev–Trinajstić information content (AvgIpc) is 2.68. The van der Waals surface area contributed by atoms with Crippen molar-refractivity contribution in [3.05, 3.63) is 53.0 Å². The molecule has 1 aromatic heterocycles. The highest BCUT2D eigenvalue weighted by molar-refractivity contribution is 5.84. The van der Waals surface area contributed by atoms with Crippen molar-refractivity contribution < 1.29 is 14.7 Å². The number of hydrogen-bond donors (Lipinski definition) is 2. The molecule has 1 saturated heterocycles. The number of benzene rings is 1. The molecule has 1 aromatic carbocycles. The van der Waals surface area contributed by atoms with Gasteiger partial charge in [-0.3, -0.25) is 0 Å². The van der Waals surface area contributed by atoms with Crippen molar-refractivity contribution in [2.45, 2.75) is 26.8 Å². The number of carboxylic acids is 1. The SMILES string of the molecule is Cc1cccc([C@H](NC(=O)N2CCN(c3ncnc(C)c3C)CC2)C(=O)O)c1. The summed E-state index contributed by atoms with van der Waals surface area (Å²) in [4.78, 5) is 36.7. The number of nitrogens with one attached hydrogen (secondary N) is 1. The molecule has 2 amide bonds. The summed E-state index contributed by atoms with van der Waals surface area (Å²) in [6.07, 6.45) is 1.55. The maximum atomic E-state index is 12.6. The molecule has 2 aromatic rings. The smallest absolute Gasteiger partial charge is 0.330 e. The van der Waals surface area contributed by atoms with Crippen molar-refractivity contribution >= 4 is 17.8 Å². The van der Waals surface area contributed by atoms with E-state index in [1.165, 1.54) is 0 Å². The Balaban J connectivity index is 1.64. The lowest BCUT2D eigenvalue weighted by molar-refractivity contribution is -0.139. The highest BCUT2D eigenvalue weighted by Gasteiger charge is 2.28.